The molecule has 2 N–H and O–H groups in total. The van der Waals surface area contributed by atoms with Gasteiger partial charge in [-0.15, -0.1) is 0 Å². The van der Waals surface area contributed by atoms with Crippen molar-refractivity contribution in [3.63, 3.8) is 0 Å². The molecule has 0 fully saturated rings. The molecule has 0 aliphatic heterocycles. The van der Waals surface area contributed by atoms with Crippen LogP contribution in [-0.2, 0) is 13.6 Å². The van der Waals surface area contributed by atoms with Crippen molar-refractivity contribution in [2.45, 2.75) is 32.6 Å². The van der Waals surface area contributed by atoms with Crippen molar-refractivity contribution in [2.75, 3.05) is 13.2 Å². The predicted octanol–water partition coefficient (Wildman–Crippen LogP) is 5.01. The molecule has 0 amide bonds. The maximum Gasteiger partial charge on any atom is 0.351 e. The standard InChI is InChI=1S/C19H26NO4P/c1-4-23-25(22,24-5-2)19(17-11-13-18(21)14-12-17)20-15(3)16-9-7-6-8-10-16/h6-15,19-21H,4-5H2,1-3H3/t15-,19?/m0/s1. The lowest BCUT2D eigenvalue weighted by atomic mass is 10.1. The Morgan fingerprint density at radius 1 is 0.960 bits per heavy atom. The van der Waals surface area contributed by atoms with Crippen LogP contribution in [0.5, 0.6) is 5.75 Å². The second kappa shape index (κ2) is 9.16. The van der Waals surface area contributed by atoms with E-state index in [0.717, 1.165) is 11.1 Å². The Bertz CT molecular complexity index is 680. The highest BCUT2D eigenvalue weighted by atomic mass is 31.2. The molecule has 25 heavy (non-hydrogen) atoms. The minimum Gasteiger partial charge on any atom is -0.508 e. The lowest BCUT2D eigenvalue weighted by Crippen LogP contribution is -2.26. The number of phenolic OH excluding ortho intramolecular Hbond substituents is 1. The van der Waals surface area contributed by atoms with Crippen LogP contribution < -0.4 is 5.32 Å². The largest absolute Gasteiger partial charge is 0.508 e. The van der Waals surface area contributed by atoms with E-state index in [-0.39, 0.29) is 25.0 Å². The van der Waals surface area contributed by atoms with Crippen molar-refractivity contribution in [3.05, 3.63) is 65.7 Å². The van der Waals surface area contributed by atoms with Crippen molar-refractivity contribution < 1.29 is 18.7 Å². The van der Waals surface area contributed by atoms with Crippen LogP contribution in [0, 0.1) is 0 Å². The fraction of sp³-hybridized carbons (Fsp3) is 0.368. The van der Waals surface area contributed by atoms with Crippen molar-refractivity contribution in [3.8, 4) is 5.75 Å². The summed E-state index contributed by atoms with van der Waals surface area (Å²) in [6, 6.07) is 16.5. The normalized spacial score (nSPS) is 14.2. The summed E-state index contributed by atoms with van der Waals surface area (Å²) in [6.07, 6.45) is 0. The van der Waals surface area contributed by atoms with Crippen LogP contribution in [0.2, 0.25) is 0 Å². The summed E-state index contributed by atoms with van der Waals surface area (Å²) in [7, 11) is -3.43. The number of benzene rings is 2. The van der Waals surface area contributed by atoms with Gasteiger partial charge >= 0.3 is 7.60 Å². The van der Waals surface area contributed by atoms with Crippen LogP contribution in [0.25, 0.3) is 0 Å². The highest BCUT2D eigenvalue weighted by Gasteiger charge is 2.37. The molecule has 0 aliphatic rings. The monoisotopic (exact) mass is 363 g/mol. The molecule has 0 radical (unpaired) electrons. The molecule has 1 unspecified atom stereocenters. The predicted molar refractivity (Wildman–Crippen MR) is 99.7 cm³/mol. The Hall–Kier alpha value is -1.65. The number of hydrogen-bond donors (Lipinski definition) is 2. The summed E-state index contributed by atoms with van der Waals surface area (Å²) >= 11 is 0. The van der Waals surface area contributed by atoms with Crippen LogP contribution in [-0.4, -0.2) is 18.3 Å². The second-order valence-electron chi connectivity index (χ2n) is 5.67. The van der Waals surface area contributed by atoms with Gasteiger partial charge in [0.1, 0.15) is 11.5 Å². The average Bonchev–Trinajstić information content (AvgIpc) is 2.61. The fourth-order valence-electron chi connectivity index (χ4n) is 2.65. The maximum atomic E-state index is 13.4. The van der Waals surface area contributed by atoms with Crippen molar-refractivity contribution in [1.29, 1.82) is 0 Å². The van der Waals surface area contributed by atoms with Crippen molar-refractivity contribution >= 4 is 7.60 Å². The van der Waals surface area contributed by atoms with Gasteiger partial charge in [0, 0.05) is 6.04 Å². The van der Waals surface area contributed by atoms with Gasteiger partial charge in [-0.05, 0) is 44.0 Å². The first-order chi connectivity index (χ1) is 12.0. The molecule has 0 saturated heterocycles. The third-order valence-corrected chi connectivity index (χ3v) is 6.17. The lowest BCUT2D eigenvalue weighted by Gasteiger charge is -2.30. The Balaban J connectivity index is 2.37. The molecule has 0 aliphatic carbocycles. The van der Waals surface area contributed by atoms with Gasteiger partial charge < -0.3 is 14.2 Å². The maximum absolute atomic E-state index is 13.4. The molecular weight excluding hydrogens is 337 g/mol. The first-order valence-electron chi connectivity index (χ1n) is 8.49. The van der Waals surface area contributed by atoms with Crippen LogP contribution in [0.4, 0.5) is 0 Å². The summed E-state index contributed by atoms with van der Waals surface area (Å²) in [5.74, 6) is -0.482. The van der Waals surface area contributed by atoms with E-state index >= 15 is 0 Å². The molecule has 2 aromatic carbocycles. The number of rotatable bonds is 9. The summed E-state index contributed by atoms with van der Waals surface area (Å²) < 4.78 is 24.5. The topological polar surface area (TPSA) is 67.8 Å². The van der Waals surface area contributed by atoms with Gasteiger partial charge in [-0.3, -0.25) is 9.88 Å². The van der Waals surface area contributed by atoms with Crippen LogP contribution in [0.15, 0.2) is 54.6 Å². The van der Waals surface area contributed by atoms with Gasteiger partial charge in [-0.1, -0.05) is 42.5 Å². The van der Waals surface area contributed by atoms with Gasteiger partial charge in [0.15, 0.2) is 0 Å². The van der Waals surface area contributed by atoms with E-state index in [1.54, 1.807) is 38.1 Å². The molecule has 0 spiro atoms. The van der Waals surface area contributed by atoms with Crippen LogP contribution in [0.1, 0.15) is 43.7 Å². The second-order valence-corrected chi connectivity index (χ2v) is 7.78. The smallest absolute Gasteiger partial charge is 0.351 e. The zero-order valence-electron chi connectivity index (χ0n) is 14.9. The van der Waals surface area contributed by atoms with Gasteiger partial charge in [0.05, 0.1) is 13.2 Å². The summed E-state index contributed by atoms with van der Waals surface area (Å²) in [5.41, 5.74) is 1.82. The minimum atomic E-state index is -3.43. The molecule has 0 bridgehead atoms. The Labute approximate surface area is 149 Å². The highest BCUT2D eigenvalue weighted by molar-refractivity contribution is 7.54. The van der Waals surface area contributed by atoms with E-state index in [0.29, 0.717) is 0 Å². The van der Waals surface area contributed by atoms with Gasteiger partial charge in [0.2, 0.25) is 0 Å². The third-order valence-electron chi connectivity index (χ3n) is 3.85. The van der Waals surface area contributed by atoms with E-state index in [4.69, 9.17) is 9.05 Å². The fourth-order valence-corrected chi connectivity index (χ4v) is 4.68. The SMILES string of the molecule is CCOP(=O)(OCC)C(N[C@@H](C)c1ccccc1)c1ccc(O)cc1. The molecule has 0 saturated carbocycles. The van der Waals surface area contributed by atoms with E-state index in [1.165, 1.54) is 0 Å². The van der Waals surface area contributed by atoms with E-state index < -0.39 is 13.4 Å². The summed E-state index contributed by atoms with van der Waals surface area (Å²) in [4.78, 5) is 0. The molecule has 136 valence electrons. The average molecular weight is 363 g/mol. The molecule has 6 heteroatoms. The van der Waals surface area contributed by atoms with Gasteiger partial charge in [0.25, 0.3) is 0 Å². The zero-order valence-corrected chi connectivity index (χ0v) is 15.8. The molecular formula is C19H26NO4P. The number of nitrogens with one attached hydrogen (secondary N) is 1. The molecule has 5 nitrogen and oxygen atoms in total. The van der Waals surface area contributed by atoms with Crippen LogP contribution >= 0.6 is 7.60 Å². The first kappa shape index (κ1) is 19.7. The van der Waals surface area contributed by atoms with E-state index in [1.807, 2.05) is 37.3 Å². The van der Waals surface area contributed by atoms with E-state index in [9.17, 15) is 9.67 Å². The summed E-state index contributed by atoms with van der Waals surface area (Å²) in [6.45, 7) is 6.16. The van der Waals surface area contributed by atoms with Gasteiger partial charge in [-0.25, -0.2) is 0 Å². The first-order valence-corrected chi connectivity index (χ1v) is 10.1. The number of aromatic hydroxyl groups is 1. The van der Waals surface area contributed by atoms with Crippen molar-refractivity contribution in [1.82, 2.24) is 5.32 Å². The lowest BCUT2D eigenvalue weighted by molar-refractivity contribution is 0.205. The Morgan fingerprint density at radius 2 is 1.52 bits per heavy atom. The molecule has 2 atom stereocenters. The van der Waals surface area contributed by atoms with Crippen LogP contribution in [0.3, 0.4) is 0 Å². The summed E-state index contributed by atoms with van der Waals surface area (Å²) in [5, 5.41) is 12.9. The van der Waals surface area contributed by atoms with Crippen molar-refractivity contribution in [2.24, 2.45) is 0 Å². The zero-order chi connectivity index (χ0) is 18.3. The molecule has 0 aromatic heterocycles. The Kier molecular flexibility index (Phi) is 7.21. The molecule has 2 aromatic rings. The number of phenols is 1. The number of hydrogen-bond acceptors (Lipinski definition) is 5. The molecule has 0 heterocycles. The highest BCUT2D eigenvalue weighted by Crippen LogP contribution is 2.60. The third kappa shape index (κ3) is 5.16. The molecule has 2 rings (SSSR count). The van der Waals surface area contributed by atoms with Gasteiger partial charge in [-0.2, -0.15) is 0 Å². The van der Waals surface area contributed by atoms with E-state index in [2.05, 4.69) is 5.32 Å². The quantitative estimate of drug-likeness (QED) is 0.613. The minimum absolute atomic E-state index is 0.0609. The Morgan fingerprint density at radius 3 is 2.04 bits per heavy atom.